The van der Waals surface area contributed by atoms with E-state index >= 15 is 0 Å². The molecule has 2 aliphatic heterocycles. The van der Waals surface area contributed by atoms with Gasteiger partial charge in [0.05, 0.1) is 18.6 Å². The van der Waals surface area contributed by atoms with Crippen molar-refractivity contribution in [3.8, 4) is 11.5 Å². The van der Waals surface area contributed by atoms with Crippen molar-refractivity contribution in [3.05, 3.63) is 35.4 Å². The molecular weight excluding hydrogens is 516 g/mol. The number of rotatable bonds is 11. The third-order valence-electron chi connectivity index (χ3n) is 6.80. The van der Waals surface area contributed by atoms with Gasteiger partial charge in [-0.05, 0) is 31.6 Å². The van der Waals surface area contributed by atoms with Gasteiger partial charge in [-0.25, -0.2) is 4.67 Å². The Morgan fingerprint density at radius 3 is 2.79 bits per heavy atom. The molecule has 1 aromatic carbocycles. The van der Waals surface area contributed by atoms with Crippen LogP contribution in [0.15, 0.2) is 24.3 Å². The Balaban J connectivity index is 1.65. The Bertz CT molecular complexity index is 949. The minimum atomic E-state index is -3.26. The highest BCUT2D eigenvalue weighted by Crippen LogP contribution is 2.64. The van der Waals surface area contributed by atoms with Gasteiger partial charge in [-0.1, -0.05) is 29.6 Å². The van der Waals surface area contributed by atoms with Crippen LogP contribution in [0.25, 0.3) is 0 Å². The highest BCUT2D eigenvalue weighted by Gasteiger charge is 2.53. The molecule has 0 saturated carbocycles. The van der Waals surface area contributed by atoms with Gasteiger partial charge in [-0.3, -0.25) is 4.57 Å². The summed E-state index contributed by atoms with van der Waals surface area (Å²) in [4.78, 5) is 2.34. The van der Waals surface area contributed by atoms with E-state index in [9.17, 15) is 4.57 Å². The lowest BCUT2D eigenvalue weighted by Gasteiger charge is -2.39. The summed E-state index contributed by atoms with van der Waals surface area (Å²) in [5.41, 5.74) is 7.97. The molecule has 0 bridgehead atoms. The molecule has 3 aliphatic rings. The van der Waals surface area contributed by atoms with Crippen molar-refractivity contribution < 1.29 is 18.6 Å². The maximum Gasteiger partial charge on any atom is 0.329 e. The van der Waals surface area contributed by atoms with Crippen LogP contribution in [0.2, 0.25) is 0 Å². The number of nitrogens with zero attached hydrogens (tertiary/aromatic N) is 2. The smallest absolute Gasteiger partial charge is 0.329 e. The first kappa shape index (κ1) is 26.6. The third kappa shape index (κ3) is 5.03. The fraction of sp³-hybridized carbons (Fsp3) is 0.652. The van der Waals surface area contributed by atoms with Gasteiger partial charge in [0.25, 0.3) is 0 Å². The highest BCUT2D eigenvalue weighted by atomic mass is 35.5. The lowest BCUT2D eigenvalue weighted by molar-refractivity contribution is 0.0905. The molecule has 7 nitrogen and oxygen atoms in total. The molecule has 0 aromatic heterocycles. The first-order valence-corrected chi connectivity index (χ1v) is 15.9. The van der Waals surface area contributed by atoms with Crippen LogP contribution in [-0.4, -0.2) is 79.6 Å². The monoisotopic (exact) mass is 549 g/mol. The van der Waals surface area contributed by atoms with Gasteiger partial charge >= 0.3 is 6.72 Å². The molecule has 0 fully saturated rings. The third-order valence-corrected chi connectivity index (χ3v) is 12.0. The maximum atomic E-state index is 14.0. The Hall–Kier alpha value is -0.440. The largest absolute Gasteiger partial charge is 0.493 e. The Labute approximate surface area is 216 Å². The summed E-state index contributed by atoms with van der Waals surface area (Å²) in [6.07, 6.45) is 5.35. The Morgan fingerprint density at radius 2 is 2.12 bits per heavy atom. The number of hydrogen-bond acceptors (Lipinski definition) is 7. The summed E-state index contributed by atoms with van der Waals surface area (Å²) in [6, 6.07) is 4.14. The summed E-state index contributed by atoms with van der Waals surface area (Å²) >= 11 is 13.3. The molecule has 0 amide bonds. The fourth-order valence-corrected chi connectivity index (χ4v) is 10.2. The molecule has 1 aliphatic carbocycles. The zero-order valence-corrected chi connectivity index (χ0v) is 23.0. The molecule has 2 heterocycles. The second-order valence-corrected chi connectivity index (χ2v) is 14.2. The van der Waals surface area contributed by atoms with Crippen molar-refractivity contribution in [1.82, 2.24) is 9.57 Å². The van der Waals surface area contributed by atoms with Gasteiger partial charge in [0.1, 0.15) is 6.10 Å². The first-order chi connectivity index (χ1) is 16.4. The van der Waals surface area contributed by atoms with Crippen LogP contribution in [0, 0.1) is 0 Å². The van der Waals surface area contributed by atoms with E-state index in [1.54, 1.807) is 11.8 Å². The van der Waals surface area contributed by atoms with Gasteiger partial charge in [0.15, 0.2) is 11.5 Å². The van der Waals surface area contributed by atoms with Gasteiger partial charge in [0.2, 0.25) is 0 Å². The highest BCUT2D eigenvalue weighted by molar-refractivity contribution is 8.55. The van der Waals surface area contributed by atoms with Crippen LogP contribution in [0.5, 0.6) is 11.5 Å². The lowest BCUT2D eigenvalue weighted by atomic mass is 9.69. The summed E-state index contributed by atoms with van der Waals surface area (Å²) in [6.45, 7) is -0.156. The topological polar surface area (TPSA) is 77.3 Å². The number of methoxy groups -OCH3 is 1. The molecule has 190 valence electrons. The van der Waals surface area contributed by atoms with Crippen LogP contribution in [0.4, 0.5) is 0 Å². The molecule has 2 N–H and O–H groups in total. The average Bonchev–Trinajstić information content (AvgIpc) is 3.08. The van der Waals surface area contributed by atoms with Crippen LogP contribution in [0.3, 0.4) is 0 Å². The van der Waals surface area contributed by atoms with Crippen molar-refractivity contribution in [1.29, 1.82) is 0 Å². The molecule has 4 atom stereocenters. The van der Waals surface area contributed by atoms with E-state index in [-0.39, 0.29) is 17.6 Å². The van der Waals surface area contributed by atoms with Gasteiger partial charge in [-0.15, -0.1) is 23.2 Å². The number of nitrogens with two attached hydrogens (primary N) is 1. The number of ether oxygens (including phenoxy) is 2. The maximum absolute atomic E-state index is 14.0. The number of alkyl halides is 2. The van der Waals surface area contributed by atoms with Gasteiger partial charge < -0.3 is 24.6 Å². The van der Waals surface area contributed by atoms with Crippen molar-refractivity contribution in [2.24, 2.45) is 5.73 Å². The number of hydrogen-bond donors (Lipinski definition) is 1. The predicted molar refractivity (Wildman–Crippen MR) is 141 cm³/mol. The molecule has 1 spiro atoms. The van der Waals surface area contributed by atoms with Crippen LogP contribution in [0.1, 0.15) is 24.0 Å². The van der Waals surface area contributed by atoms with E-state index in [0.717, 1.165) is 31.0 Å². The van der Waals surface area contributed by atoms with Crippen molar-refractivity contribution >= 4 is 41.3 Å². The van der Waals surface area contributed by atoms with E-state index in [2.05, 4.69) is 30.2 Å². The number of benzene rings is 1. The van der Waals surface area contributed by atoms with Gasteiger partial charge in [0, 0.05) is 55.7 Å². The Kier molecular flexibility index (Phi) is 8.85. The molecule has 0 saturated heterocycles. The molecule has 11 heteroatoms. The van der Waals surface area contributed by atoms with E-state index in [1.807, 2.05) is 6.07 Å². The second kappa shape index (κ2) is 11.3. The summed E-state index contributed by atoms with van der Waals surface area (Å²) < 4.78 is 34.4. The fourth-order valence-electron chi connectivity index (χ4n) is 5.21. The molecule has 0 radical (unpaired) electrons. The second-order valence-electron chi connectivity index (χ2n) is 8.93. The molecule has 1 aromatic rings. The minimum absolute atomic E-state index is 0.124. The zero-order valence-electron chi connectivity index (χ0n) is 19.8. The summed E-state index contributed by atoms with van der Waals surface area (Å²) in [7, 11) is 3.82. The lowest BCUT2D eigenvalue weighted by Crippen LogP contribution is -2.43. The van der Waals surface area contributed by atoms with Gasteiger partial charge in [-0.2, -0.15) is 0 Å². The zero-order chi connectivity index (χ0) is 24.3. The van der Waals surface area contributed by atoms with E-state index in [1.165, 1.54) is 22.5 Å². The van der Waals surface area contributed by atoms with Crippen molar-refractivity contribution in [3.63, 3.8) is 0 Å². The predicted octanol–water partition coefficient (Wildman–Crippen LogP) is 4.45. The molecule has 2 unspecified atom stereocenters. The molecule has 34 heavy (non-hydrogen) atoms. The molecular formula is C23H34Cl2N3O4PS. The SMILES string of the molecule is COc1ccc2c3c1O[C@@H]1CC(OP(=O)(SCCN)N(CCCl)CCCl)C=C[C@]31CCN(C)C2. The number of halogens is 2. The van der Waals surface area contributed by atoms with Crippen LogP contribution in [-0.2, 0) is 21.0 Å². The van der Waals surface area contributed by atoms with Crippen LogP contribution >= 0.6 is 41.3 Å². The van der Waals surface area contributed by atoms with Crippen molar-refractivity contribution in [2.75, 3.05) is 57.8 Å². The standard InChI is InChI=1S/C23H34Cl2N3O4PS/c1-27-11-7-23-6-5-18(32-33(29,34-14-10-26)28(12-8-24)13-9-25)15-20(23)31-22-19(30-2)4-3-17(16-27)21(22)23/h3-6,18,20H,7-16,26H2,1-2H3/t18?,20-,23-,33?/m1/s1. The summed E-state index contributed by atoms with van der Waals surface area (Å²) in [5, 5.41) is 0. The van der Waals surface area contributed by atoms with E-state index in [0.29, 0.717) is 43.6 Å². The quantitative estimate of drug-likeness (QED) is 0.246. The normalized spacial score (nSPS) is 27.6. The average molecular weight is 550 g/mol. The minimum Gasteiger partial charge on any atom is -0.493 e. The Morgan fingerprint density at radius 1 is 1.35 bits per heavy atom. The first-order valence-electron chi connectivity index (χ1n) is 11.7. The summed E-state index contributed by atoms with van der Waals surface area (Å²) in [5.74, 6) is 2.79. The van der Waals surface area contributed by atoms with Crippen molar-refractivity contribution in [2.45, 2.75) is 37.0 Å². The van der Waals surface area contributed by atoms with E-state index in [4.69, 9.17) is 42.9 Å². The van der Waals surface area contributed by atoms with E-state index < -0.39 is 6.72 Å². The molecule has 4 rings (SSSR count). The van der Waals surface area contributed by atoms with Crippen LogP contribution < -0.4 is 15.2 Å².